The molecule has 0 spiro atoms. The van der Waals surface area contributed by atoms with E-state index in [1.165, 1.54) is 61.5 Å². The standard InChI is InChI=1S/C26H42O4S6/c1-19(2)25(27)29-13-21-15-33-23(35-21)17-31-11-9-7-5-6-8-10-12-32-18-24-34-16-22(36-24)14-30-26(28)20(3)4/h21-24H,1,3,5-18H2,2,4H3. The molecule has 0 radical (unpaired) electrons. The van der Waals surface area contributed by atoms with E-state index in [-0.39, 0.29) is 11.9 Å². The fourth-order valence-corrected chi connectivity index (χ4v) is 12.9. The van der Waals surface area contributed by atoms with Crippen LogP contribution in [-0.4, -0.2) is 79.3 Å². The number of carbonyl (C=O) groups is 2. The molecule has 36 heavy (non-hydrogen) atoms. The number of hydrogen-bond acceptors (Lipinski definition) is 10. The molecule has 0 aromatic rings. The highest BCUT2D eigenvalue weighted by atomic mass is 32.2. The Kier molecular flexibility index (Phi) is 17.8. The van der Waals surface area contributed by atoms with Crippen LogP contribution in [0.25, 0.3) is 0 Å². The maximum absolute atomic E-state index is 11.5. The van der Waals surface area contributed by atoms with E-state index in [9.17, 15) is 9.59 Å². The van der Waals surface area contributed by atoms with Gasteiger partial charge in [-0.25, -0.2) is 9.59 Å². The van der Waals surface area contributed by atoms with Crippen molar-refractivity contribution in [2.24, 2.45) is 0 Å². The molecule has 10 heteroatoms. The highest BCUT2D eigenvalue weighted by molar-refractivity contribution is 8.22. The molecular formula is C26H42O4S6. The third-order valence-electron chi connectivity index (χ3n) is 5.46. The van der Waals surface area contributed by atoms with E-state index in [0.29, 0.717) is 44.0 Å². The van der Waals surface area contributed by atoms with Gasteiger partial charge >= 0.3 is 11.9 Å². The highest BCUT2D eigenvalue weighted by Gasteiger charge is 2.28. The van der Waals surface area contributed by atoms with Crippen molar-refractivity contribution in [3.8, 4) is 0 Å². The van der Waals surface area contributed by atoms with Crippen LogP contribution >= 0.6 is 70.6 Å². The Morgan fingerprint density at radius 2 is 1.11 bits per heavy atom. The van der Waals surface area contributed by atoms with Gasteiger partial charge in [-0.1, -0.05) is 38.8 Å². The van der Waals surface area contributed by atoms with Gasteiger partial charge in [0.1, 0.15) is 13.2 Å². The van der Waals surface area contributed by atoms with Crippen LogP contribution in [0, 0.1) is 0 Å². The molecule has 2 rings (SSSR count). The molecule has 0 amide bonds. The van der Waals surface area contributed by atoms with Crippen molar-refractivity contribution < 1.29 is 19.1 Å². The molecule has 4 unspecified atom stereocenters. The van der Waals surface area contributed by atoms with E-state index < -0.39 is 0 Å². The van der Waals surface area contributed by atoms with E-state index in [1.807, 2.05) is 47.0 Å². The van der Waals surface area contributed by atoms with Crippen LogP contribution < -0.4 is 0 Å². The average molecular weight is 611 g/mol. The Morgan fingerprint density at radius 3 is 1.50 bits per heavy atom. The summed E-state index contributed by atoms with van der Waals surface area (Å²) in [6.07, 6.45) is 8.04. The fraction of sp³-hybridized carbons (Fsp3) is 0.769. The lowest BCUT2D eigenvalue weighted by molar-refractivity contribution is -0.139. The lowest BCUT2D eigenvalue weighted by Crippen LogP contribution is -2.16. The van der Waals surface area contributed by atoms with Crippen LogP contribution in [-0.2, 0) is 19.1 Å². The predicted molar refractivity (Wildman–Crippen MR) is 169 cm³/mol. The minimum Gasteiger partial charge on any atom is -0.461 e. The molecule has 2 aliphatic heterocycles. The topological polar surface area (TPSA) is 52.6 Å². The van der Waals surface area contributed by atoms with Gasteiger partial charge in [0.15, 0.2) is 0 Å². The van der Waals surface area contributed by atoms with Crippen molar-refractivity contribution in [1.29, 1.82) is 0 Å². The van der Waals surface area contributed by atoms with Crippen LogP contribution in [0.5, 0.6) is 0 Å². The summed E-state index contributed by atoms with van der Waals surface area (Å²) in [5, 5.41) is 0.848. The second kappa shape index (κ2) is 19.6. The molecule has 2 saturated heterocycles. The van der Waals surface area contributed by atoms with Crippen LogP contribution in [0.15, 0.2) is 24.3 Å². The third kappa shape index (κ3) is 14.6. The normalized spacial score (nSPS) is 23.5. The smallest absolute Gasteiger partial charge is 0.333 e. The van der Waals surface area contributed by atoms with Crippen LogP contribution in [0.2, 0.25) is 0 Å². The summed E-state index contributed by atoms with van der Waals surface area (Å²) in [5.41, 5.74) is 0.955. The third-order valence-corrected chi connectivity index (χ3v) is 15.1. The summed E-state index contributed by atoms with van der Waals surface area (Å²) in [6.45, 7) is 11.7. The second-order valence-corrected chi connectivity index (χ2v) is 17.5. The van der Waals surface area contributed by atoms with Crippen molar-refractivity contribution in [1.82, 2.24) is 0 Å². The van der Waals surface area contributed by atoms with Gasteiger partial charge < -0.3 is 9.47 Å². The van der Waals surface area contributed by atoms with Gasteiger partial charge in [0.25, 0.3) is 0 Å². The molecule has 2 heterocycles. The number of ether oxygens (including phenoxy) is 2. The maximum Gasteiger partial charge on any atom is 0.333 e. The summed E-state index contributed by atoms with van der Waals surface area (Å²) in [4.78, 5) is 23.0. The first-order chi connectivity index (χ1) is 17.3. The Labute approximate surface area is 244 Å². The molecule has 0 aromatic carbocycles. The quantitative estimate of drug-likeness (QED) is 0.0841. The van der Waals surface area contributed by atoms with Gasteiger partial charge in [-0.3, -0.25) is 0 Å². The fourth-order valence-electron chi connectivity index (χ4n) is 3.42. The molecule has 2 aliphatic rings. The summed E-state index contributed by atoms with van der Waals surface area (Å²) >= 11 is 12.1. The Balaban J connectivity index is 1.32. The first-order valence-corrected chi connectivity index (χ1v) is 19.0. The van der Waals surface area contributed by atoms with E-state index in [4.69, 9.17) is 9.47 Å². The second-order valence-electron chi connectivity index (χ2n) is 9.07. The minimum absolute atomic E-state index is 0.269. The summed E-state index contributed by atoms with van der Waals surface area (Å²) < 4.78 is 11.9. The average Bonchev–Trinajstić information content (AvgIpc) is 3.50. The molecule has 0 aromatic heterocycles. The van der Waals surface area contributed by atoms with E-state index in [1.54, 1.807) is 13.8 Å². The van der Waals surface area contributed by atoms with Gasteiger partial charge in [0, 0.05) is 44.7 Å². The molecule has 4 nitrogen and oxygen atoms in total. The monoisotopic (exact) mass is 610 g/mol. The molecule has 206 valence electrons. The highest BCUT2D eigenvalue weighted by Crippen LogP contribution is 2.40. The number of carbonyl (C=O) groups excluding carboxylic acids is 2. The molecular weight excluding hydrogens is 569 g/mol. The first kappa shape index (κ1) is 32.7. The molecule has 2 fully saturated rings. The Hall–Kier alpha value is 0.520. The summed E-state index contributed by atoms with van der Waals surface area (Å²) in [6, 6.07) is 0. The van der Waals surface area contributed by atoms with Gasteiger partial charge in [-0.2, -0.15) is 23.5 Å². The predicted octanol–water partition coefficient (Wildman–Crippen LogP) is 7.38. The first-order valence-electron chi connectivity index (χ1n) is 12.7. The van der Waals surface area contributed by atoms with Crippen LogP contribution in [0.1, 0.15) is 52.4 Å². The molecule has 0 bridgehead atoms. The van der Waals surface area contributed by atoms with Gasteiger partial charge in [0.2, 0.25) is 0 Å². The SMILES string of the molecule is C=C(C)C(=O)OCC1CSC(CSCCCCCCCCSCC2SCC(COC(=O)C(=C)C)S2)S1. The number of hydrogen-bond donors (Lipinski definition) is 0. The summed E-state index contributed by atoms with van der Waals surface area (Å²) in [7, 11) is 0. The zero-order chi connectivity index (χ0) is 26.2. The molecule has 0 aliphatic carbocycles. The van der Waals surface area contributed by atoms with Gasteiger partial charge in [-0.05, 0) is 38.2 Å². The van der Waals surface area contributed by atoms with Crippen LogP contribution in [0.4, 0.5) is 0 Å². The van der Waals surface area contributed by atoms with E-state index in [2.05, 4.69) is 36.7 Å². The molecule has 0 N–H and O–H groups in total. The molecule has 4 atom stereocenters. The zero-order valence-corrected chi connectivity index (χ0v) is 26.6. The zero-order valence-electron chi connectivity index (χ0n) is 21.7. The van der Waals surface area contributed by atoms with Crippen molar-refractivity contribution in [2.45, 2.75) is 72.0 Å². The Morgan fingerprint density at radius 1 is 0.722 bits per heavy atom. The minimum atomic E-state index is -0.269. The van der Waals surface area contributed by atoms with Gasteiger partial charge in [0.05, 0.1) is 9.16 Å². The van der Waals surface area contributed by atoms with Crippen molar-refractivity contribution >= 4 is 82.5 Å². The van der Waals surface area contributed by atoms with E-state index >= 15 is 0 Å². The maximum atomic E-state index is 11.5. The van der Waals surface area contributed by atoms with E-state index in [0.717, 1.165) is 11.5 Å². The number of rotatable bonds is 19. The summed E-state index contributed by atoms with van der Waals surface area (Å²) in [5.74, 6) is 6.50. The van der Waals surface area contributed by atoms with Crippen molar-refractivity contribution in [3.63, 3.8) is 0 Å². The number of esters is 2. The van der Waals surface area contributed by atoms with Crippen molar-refractivity contribution in [3.05, 3.63) is 24.3 Å². The largest absolute Gasteiger partial charge is 0.461 e. The Bertz CT molecular complexity index is 646. The lowest BCUT2D eigenvalue weighted by Gasteiger charge is -2.11. The van der Waals surface area contributed by atoms with Gasteiger partial charge in [-0.15, -0.1) is 47.0 Å². The lowest BCUT2D eigenvalue weighted by atomic mass is 10.1. The number of unbranched alkanes of at least 4 members (excludes halogenated alkanes) is 5. The van der Waals surface area contributed by atoms with Crippen LogP contribution in [0.3, 0.4) is 0 Å². The molecule has 0 saturated carbocycles. The van der Waals surface area contributed by atoms with Crippen molar-refractivity contribution in [2.75, 3.05) is 47.7 Å². The number of thioether (sulfide) groups is 6.